The Labute approximate surface area is 111 Å². The van der Waals surface area contributed by atoms with Gasteiger partial charge in [0.1, 0.15) is 10.9 Å². The van der Waals surface area contributed by atoms with Gasteiger partial charge >= 0.3 is 5.97 Å². The highest BCUT2D eigenvalue weighted by Crippen LogP contribution is 2.26. The number of carbonyl (C=O) groups is 2. The minimum Gasteiger partial charge on any atom is -0.480 e. The number of aromatic amines is 1. The van der Waals surface area contributed by atoms with E-state index in [2.05, 4.69) is 15.3 Å². The van der Waals surface area contributed by atoms with Gasteiger partial charge in [-0.2, -0.15) is 0 Å². The lowest BCUT2D eigenvalue weighted by Crippen LogP contribution is -2.38. The highest BCUT2D eigenvalue weighted by molar-refractivity contribution is 7.20. The van der Waals surface area contributed by atoms with Gasteiger partial charge in [-0.15, -0.1) is 11.3 Å². The molecule has 0 aliphatic carbocycles. The number of fused-ring (bicyclic) bond motifs is 1. The molecule has 0 aliphatic rings. The summed E-state index contributed by atoms with van der Waals surface area (Å²) in [5, 5.41) is 11.5. The lowest BCUT2D eigenvalue weighted by Gasteiger charge is -2.08. The quantitative estimate of drug-likeness (QED) is 0.758. The van der Waals surface area contributed by atoms with Gasteiger partial charge in [0, 0.05) is 0 Å². The Kier molecular flexibility index (Phi) is 3.34. The predicted molar refractivity (Wildman–Crippen MR) is 69.5 cm³/mol. The number of rotatable bonds is 3. The lowest BCUT2D eigenvalue weighted by atomic mass is 10.2. The summed E-state index contributed by atoms with van der Waals surface area (Å²) in [6.45, 7) is 3.00. The van der Waals surface area contributed by atoms with E-state index in [9.17, 15) is 14.4 Å². The van der Waals surface area contributed by atoms with Crippen molar-refractivity contribution in [1.29, 1.82) is 0 Å². The van der Waals surface area contributed by atoms with E-state index in [1.807, 2.05) is 0 Å². The molecule has 0 unspecified atom stereocenters. The molecule has 1 atom stereocenters. The predicted octanol–water partition coefficient (Wildman–Crippen LogP) is 0.496. The van der Waals surface area contributed by atoms with Gasteiger partial charge in [0.25, 0.3) is 11.5 Å². The summed E-state index contributed by atoms with van der Waals surface area (Å²) < 4.78 is 0. The van der Waals surface area contributed by atoms with Crippen molar-refractivity contribution >= 4 is 33.4 Å². The van der Waals surface area contributed by atoms with E-state index in [0.717, 1.165) is 11.3 Å². The van der Waals surface area contributed by atoms with Gasteiger partial charge in [0.15, 0.2) is 0 Å². The standard InChI is InChI=1S/C11H11N3O4S/c1-4-6-8(15)12-3-13-10(6)19-7(4)9(16)14-5(2)11(17)18/h3,5H,1-2H3,(H,14,16)(H,17,18)(H,12,13,15)/t5-/m0/s1. The van der Waals surface area contributed by atoms with Gasteiger partial charge < -0.3 is 15.4 Å². The van der Waals surface area contributed by atoms with Crippen LogP contribution in [0, 0.1) is 6.92 Å². The maximum absolute atomic E-state index is 12.0. The molecule has 7 nitrogen and oxygen atoms in total. The van der Waals surface area contributed by atoms with Gasteiger partial charge in [0.05, 0.1) is 16.6 Å². The zero-order valence-corrected chi connectivity index (χ0v) is 11.0. The monoisotopic (exact) mass is 281 g/mol. The van der Waals surface area contributed by atoms with E-state index < -0.39 is 17.9 Å². The number of aliphatic carboxylic acids is 1. The fourth-order valence-corrected chi connectivity index (χ4v) is 2.67. The molecule has 2 aromatic heterocycles. The second-order valence-electron chi connectivity index (χ2n) is 4.00. The zero-order chi connectivity index (χ0) is 14.2. The molecule has 0 aliphatic heterocycles. The first-order valence-electron chi connectivity index (χ1n) is 5.42. The SMILES string of the molecule is Cc1c(C(=O)N[C@@H](C)C(=O)O)sc2nc[nH]c(=O)c12. The van der Waals surface area contributed by atoms with Gasteiger partial charge in [-0.3, -0.25) is 14.4 Å². The number of aromatic nitrogens is 2. The van der Waals surface area contributed by atoms with Crippen molar-refractivity contribution in [3.63, 3.8) is 0 Å². The van der Waals surface area contributed by atoms with Crippen molar-refractivity contribution in [3.05, 3.63) is 27.1 Å². The number of hydrogen-bond acceptors (Lipinski definition) is 5. The first-order valence-corrected chi connectivity index (χ1v) is 6.24. The summed E-state index contributed by atoms with van der Waals surface area (Å²) in [6.07, 6.45) is 1.27. The summed E-state index contributed by atoms with van der Waals surface area (Å²) in [6, 6.07) is -0.997. The van der Waals surface area contributed by atoms with Crippen LogP contribution in [0.25, 0.3) is 10.2 Å². The maximum Gasteiger partial charge on any atom is 0.325 e. The number of hydrogen-bond donors (Lipinski definition) is 3. The van der Waals surface area contributed by atoms with Crippen LogP contribution in [0.15, 0.2) is 11.1 Å². The second-order valence-corrected chi connectivity index (χ2v) is 5.00. The summed E-state index contributed by atoms with van der Waals surface area (Å²) in [5.41, 5.74) is 0.188. The fraction of sp³-hybridized carbons (Fsp3) is 0.273. The highest BCUT2D eigenvalue weighted by atomic mass is 32.1. The average Bonchev–Trinajstić information content (AvgIpc) is 2.68. The number of nitrogens with one attached hydrogen (secondary N) is 2. The van der Waals surface area contributed by atoms with E-state index in [4.69, 9.17) is 5.11 Å². The molecule has 2 rings (SSSR count). The minimum atomic E-state index is -1.12. The van der Waals surface area contributed by atoms with Crippen molar-refractivity contribution in [2.24, 2.45) is 0 Å². The molecule has 3 N–H and O–H groups in total. The Balaban J connectivity index is 2.44. The van der Waals surface area contributed by atoms with Gasteiger partial charge in [-0.05, 0) is 19.4 Å². The van der Waals surface area contributed by atoms with Crippen molar-refractivity contribution in [2.45, 2.75) is 19.9 Å². The molecule has 1 amide bonds. The first-order chi connectivity index (χ1) is 8.91. The second kappa shape index (κ2) is 4.81. The van der Waals surface area contributed by atoms with Gasteiger partial charge in [0.2, 0.25) is 0 Å². The summed E-state index contributed by atoms with van der Waals surface area (Å²) >= 11 is 1.06. The van der Waals surface area contributed by atoms with E-state index >= 15 is 0 Å². The van der Waals surface area contributed by atoms with Crippen LogP contribution in [0.4, 0.5) is 0 Å². The Morgan fingerprint density at radius 1 is 1.53 bits per heavy atom. The van der Waals surface area contributed by atoms with Crippen LogP contribution in [0.1, 0.15) is 22.2 Å². The number of carboxylic acids is 1. The van der Waals surface area contributed by atoms with E-state index in [-0.39, 0.29) is 5.56 Å². The van der Waals surface area contributed by atoms with E-state index in [1.165, 1.54) is 13.3 Å². The van der Waals surface area contributed by atoms with Gasteiger partial charge in [-0.1, -0.05) is 0 Å². The van der Waals surface area contributed by atoms with Crippen LogP contribution in [-0.2, 0) is 4.79 Å². The zero-order valence-electron chi connectivity index (χ0n) is 10.2. The molecule has 0 radical (unpaired) electrons. The molecule has 0 saturated heterocycles. The average molecular weight is 281 g/mol. The van der Waals surface area contributed by atoms with Crippen molar-refractivity contribution in [1.82, 2.24) is 15.3 Å². The number of carbonyl (C=O) groups excluding carboxylic acids is 1. The van der Waals surface area contributed by atoms with E-state index in [1.54, 1.807) is 6.92 Å². The molecule has 0 fully saturated rings. The summed E-state index contributed by atoms with van der Waals surface area (Å²) in [7, 11) is 0. The molecule has 0 spiro atoms. The molecule has 19 heavy (non-hydrogen) atoms. The third-order valence-electron chi connectivity index (χ3n) is 2.66. The first kappa shape index (κ1) is 13.2. The lowest BCUT2D eigenvalue weighted by molar-refractivity contribution is -0.138. The number of thiophene rings is 1. The van der Waals surface area contributed by atoms with Crippen LogP contribution in [0.5, 0.6) is 0 Å². The molecule has 0 saturated carbocycles. The molecule has 8 heteroatoms. The minimum absolute atomic E-state index is 0.298. The van der Waals surface area contributed by atoms with Crippen LogP contribution >= 0.6 is 11.3 Å². The molecule has 2 heterocycles. The smallest absolute Gasteiger partial charge is 0.325 e. The number of amides is 1. The van der Waals surface area contributed by atoms with Crippen LogP contribution < -0.4 is 10.9 Å². The Bertz CT molecular complexity index is 718. The Morgan fingerprint density at radius 2 is 2.21 bits per heavy atom. The molecule has 0 aromatic carbocycles. The number of aryl methyl sites for hydroxylation is 1. The maximum atomic E-state index is 12.0. The highest BCUT2D eigenvalue weighted by Gasteiger charge is 2.21. The summed E-state index contributed by atoms with van der Waals surface area (Å²) in [5.74, 6) is -1.64. The Morgan fingerprint density at radius 3 is 2.79 bits per heavy atom. The van der Waals surface area contributed by atoms with Crippen LogP contribution in [-0.4, -0.2) is 33.0 Å². The molecule has 2 aromatic rings. The third kappa shape index (κ3) is 2.34. The molecular weight excluding hydrogens is 270 g/mol. The topological polar surface area (TPSA) is 112 Å². The fourth-order valence-electron chi connectivity index (χ4n) is 1.62. The molecular formula is C11H11N3O4S. The number of nitrogens with zero attached hydrogens (tertiary/aromatic N) is 1. The van der Waals surface area contributed by atoms with Gasteiger partial charge in [-0.25, -0.2) is 4.98 Å². The van der Waals surface area contributed by atoms with Crippen LogP contribution in [0.2, 0.25) is 0 Å². The van der Waals surface area contributed by atoms with Crippen molar-refractivity contribution < 1.29 is 14.7 Å². The largest absolute Gasteiger partial charge is 0.480 e. The van der Waals surface area contributed by atoms with E-state index in [0.29, 0.717) is 20.7 Å². The normalized spacial score (nSPS) is 12.3. The molecule has 100 valence electrons. The summed E-state index contributed by atoms with van der Waals surface area (Å²) in [4.78, 5) is 41.5. The Hall–Kier alpha value is -2.22. The molecule has 0 bridgehead atoms. The number of carboxylic acid groups (broad SMARTS) is 1. The number of H-pyrrole nitrogens is 1. The van der Waals surface area contributed by atoms with Crippen molar-refractivity contribution in [3.8, 4) is 0 Å². The van der Waals surface area contributed by atoms with Crippen molar-refractivity contribution in [2.75, 3.05) is 0 Å². The van der Waals surface area contributed by atoms with Crippen LogP contribution in [0.3, 0.4) is 0 Å². The third-order valence-corrected chi connectivity index (χ3v) is 3.86.